The van der Waals surface area contributed by atoms with Crippen LogP contribution in [0.5, 0.6) is 0 Å². The number of hydrazine groups is 1. The van der Waals surface area contributed by atoms with Crippen molar-refractivity contribution in [1.29, 1.82) is 0 Å². The predicted molar refractivity (Wildman–Crippen MR) is 85.2 cm³/mol. The van der Waals surface area contributed by atoms with Gasteiger partial charge in [-0.2, -0.15) is 5.01 Å². The van der Waals surface area contributed by atoms with Crippen LogP contribution in [-0.2, 0) is 9.59 Å². The second kappa shape index (κ2) is 4.56. The van der Waals surface area contributed by atoms with E-state index in [0.29, 0.717) is 17.4 Å². The van der Waals surface area contributed by atoms with Crippen LogP contribution in [0.15, 0.2) is 36.4 Å². The van der Waals surface area contributed by atoms with Crippen molar-refractivity contribution in [2.75, 3.05) is 0 Å². The van der Waals surface area contributed by atoms with Crippen molar-refractivity contribution in [3.8, 4) is 0 Å². The van der Waals surface area contributed by atoms with E-state index in [2.05, 4.69) is 17.6 Å². The van der Waals surface area contributed by atoms with E-state index >= 15 is 0 Å². The maximum atomic E-state index is 12.8. The van der Waals surface area contributed by atoms with Gasteiger partial charge < -0.3 is 0 Å². The molecule has 1 aromatic rings. The molecule has 0 aromatic heterocycles. The van der Waals surface area contributed by atoms with Crippen LogP contribution in [0, 0.1) is 42.4 Å². The predicted octanol–water partition coefficient (Wildman–Crippen LogP) is 1.69. The molecule has 0 radical (unpaired) electrons. The molecule has 5 nitrogen and oxygen atoms in total. The first-order valence-electron chi connectivity index (χ1n) is 8.50. The summed E-state index contributed by atoms with van der Waals surface area (Å²) >= 11 is 0. The summed E-state index contributed by atoms with van der Waals surface area (Å²) in [6.45, 7) is 1.94. The van der Waals surface area contributed by atoms with Gasteiger partial charge in [-0.05, 0) is 49.1 Å². The Morgan fingerprint density at radius 2 is 1.54 bits per heavy atom. The number of amides is 3. The molecular formula is C19H18N2O3. The van der Waals surface area contributed by atoms with Crippen molar-refractivity contribution in [3.05, 3.63) is 47.5 Å². The Balaban J connectivity index is 1.40. The summed E-state index contributed by atoms with van der Waals surface area (Å²) in [5.41, 5.74) is 4.03. The van der Waals surface area contributed by atoms with E-state index in [-0.39, 0.29) is 35.5 Å². The summed E-state index contributed by atoms with van der Waals surface area (Å²) in [6, 6.07) is 7.06. The van der Waals surface area contributed by atoms with Crippen LogP contribution in [0.1, 0.15) is 22.3 Å². The first kappa shape index (κ1) is 14.0. The summed E-state index contributed by atoms with van der Waals surface area (Å²) in [4.78, 5) is 38.0. The van der Waals surface area contributed by atoms with E-state index in [0.717, 1.165) is 17.0 Å². The number of benzene rings is 1. The molecule has 1 aromatic carbocycles. The van der Waals surface area contributed by atoms with Crippen LogP contribution in [0.3, 0.4) is 0 Å². The number of rotatable bonds is 2. The van der Waals surface area contributed by atoms with Crippen molar-refractivity contribution in [3.63, 3.8) is 0 Å². The van der Waals surface area contributed by atoms with Gasteiger partial charge in [0, 0.05) is 5.56 Å². The fourth-order valence-electron chi connectivity index (χ4n) is 4.94. The van der Waals surface area contributed by atoms with Crippen molar-refractivity contribution in [2.45, 2.75) is 13.3 Å². The highest BCUT2D eigenvalue weighted by atomic mass is 16.2. The molecule has 0 spiro atoms. The Kier molecular flexibility index (Phi) is 2.65. The molecule has 2 saturated carbocycles. The van der Waals surface area contributed by atoms with Gasteiger partial charge in [0.05, 0.1) is 11.8 Å². The highest BCUT2D eigenvalue weighted by Crippen LogP contribution is 2.65. The van der Waals surface area contributed by atoms with Gasteiger partial charge in [-0.1, -0.05) is 29.8 Å². The summed E-state index contributed by atoms with van der Waals surface area (Å²) in [5, 5.41) is 0.981. The Morgan fingerprint density at radius 3 is 2.08 bits per heavy atom. The quantitative estimate of drug-likeness (QED) is 0.666. The molecule has 1 saturated heterocycles. The first-order chi connectivity index (χ1) is 11.6. The van der Waals surface area contributed by atoms with Crippen LogP contribution >= 0.6 is 0 Å². The monoisotopic (exact) mass is 322 g/mol. The van der Waals surface area contributed by atoms with Crippen molar-refractivity contribution in [1.82, 2.24) is 10.4 Å². The molecule has 1 N–H and O–H groups in total. The minimum atomic E-state index is -0.416. The Morgan fingerprint density at radius 1 is 1.00 bits per heavy atom. The lowest BCUT2D eigenvalue weighted by Crippen LogP contribution is -2.46. The lowest BCUT2D eigenvalue weighted by Gasteiger charge is -2.37. The van der Waals surface area contributed by atoms with E-state index < -0.39 is 5.91 Å². The summed E-state index contributed by atoms with van der Waals surface area (Å²) in [7, 11) is 0. The average Bonchev–Trinajstić information content (AvgIpc) is 3.36. The fraction of sp³-hybridized carbons (Fsp3) is 0.421. The number of hydrogen-bond donors (Lipinski definition) is 1. The maximum absolute atomic E-state index is 12.8. The molecule has 5 heteroatoms. The Bertz CT molecular complexity index is 761. The molecule has 1 aliphatic heterocycles. The molecule has 3 fully saturated rings. The highest BCUT2D eigenvalue weighted by Gasteiger charge is 2.67. The van der Waals surface area contributed by atoms with Gasteiger partial charge >= 0.3 is 0 Å². The smallest absolute Gasteiger partial charge is 0.270 e. The summed E-state index contributed by atoms with van der Waals surface area (Å²) in [5.74, 6) is -0.00257. The van der Waals surface area contributed by atoms with Gasteiger partial charge in [0.15, 0.2) is 0 Å². The molecular weight excluding hydrogens is 304 g/mol. The molecule has 4 aliphatic carbocycles. The normalized spacial score (nSPS) is 38.1. The first-order valence-corrected chi connectivity index (χ1v) is 8.50. The third-order valence-electron chi connectivity index (χ3n) is 6.19. The highest BCUT2D eigenvalue weighted by molar-refractivity contribution is 6.08. The second-order valence-corrected chi connectivity index (χ2v) is 7.47. The van der Waals surface area contributed by atoms with Crippen LogP contribution in [0.2, 0.25) is 0 Å². The van der Waals surface area contributed by atoms with E-state index in [1.165, 1.54) is 0 Å². The fourth-order valence-corrected chi connectivity index (χ4v) is 4.94. The number of carbonyl (C=O) groups is 3. The maximum Gasteiger partial charge on any atom is 0.270 e. The van der Waals surface area contributed by atoms with E-state index in [1.54, 1.807) is 12.1 Å². The van der Waals surface area contributed by atoms with Crippen LogP contribution in [-0.4, -0.2) is 22.7 Å². The van der Waals surface area contributed by atoms with Crippen LogP contribution in [0.4, 0.5) is 0 Å². The number of allylic oxidation sites excluding steroid dienone is 2. The van der Waals surface area contributed by atoms with Gasteiger partial charge in [0.25, 0.3) is 17.7 Å². The Hall–Kier alpha value is -2.43. The SMILES string of the molecule is Cc1ccc(C(=O)NN2C(=O)[C@@H]3[C@H]4C=C[C@H]([C@H]5C[C@@H]45)[C@@H]3C2=O)cc1. The van der Waals surface area contributed by atoms with Crippen LogP contribution in [0.25, 0.3) is 0 Å². The van der Waals surface area contributed by atoms with Gasteiger partial charge in [-0.3, -0.25) is 19.8 Å². The zero-order chi connectivity index (χ0) is 16.6. The number of imide groups is 1. The molecule has 6 rings (SSSR count). The molecule has 6 atom stereocenters. The minimum Gasteiger partial charge on any atom is -0.272 e. The van der Waals surface area contributed by atoms with Crippen molar-refractivity contribution >= 4 is 17.7 Å². The summed E-state index contributed by atoms with van der Waals surface area (Å²) in [6.07, 6.45) is 5.37. The molecule has 122 valence electrons. The zero-order valence-electron chi connectivity index (χ0n) is 13.3. The second-order valence-electron chi connectivity index (χ2n) is 7.47. The van der Waals surface area contributed by atoms with Gasteiger partial charge in [0.2, 0.25) is 0 Å². The number of nitrogens with one attached hydrogen (secondary N) is 1. The molecule has 5 aliphatic rings. The Labute approximate surface area is 139 Å². The van der Waals surface area contributed by atoms with E-state index in [9.17, 15) is 14.4 Å². The average molecular weight is 322 g/mol. The molecule has 24 heavy (non-hydrogen) atoms. The third kappa shape index (κ3) is 1.72. The van der Waals surface area contributed by atoms with Gasteiger partial charge in [-0.25, -0.2) is 0 Å². The van der Waals surface area contributed by atoms with Gasteiger partial charge in [0.1, 0.15) is 0 Å². The lowest BCUT2D eigenvalue weighted by molar-refractivity contribution is -0.143. The number of aryl methyl sites for hydroxylation is 1. The number of carbonyl (C=O) groups excluding carboxylic acids is 3. The molecule has 1 heterocycles. The third-order valence-corrected chi connectivity index (χ3v) is 6.19. The summed E-state index contributed by atoms with van der Waals surface area (Å²) < 4.78 is 0. The zero-order valence-corrected chi connectivity index (χ0v) is 13.3. The standard InChI is InChI=1S/C19H18N2O3/c1-9-2-4-10(5-3-9)17(22)20-21-18(23)15-11-6-7-12(14-8-13(11)14)16(15)19(21)24/h2-7,11-16H,8H2,1H3,(H,20,22)/t11-,12+,13-,14+,15+,16-. The topological polar surface area (TPSA) is 66.5 Å². The van der Waals surface area contributed by atoms with Crippen molar-refractivity contribution in [2.24, 2.45) is 35.5 Å². The number of hydrogen-bond acceptors (Lipinski definition) is 3. The van der Waals surface area contributed by atoms with Gasteiger partial charge in [-0.15, -0.1) is 0 Å². The molecule has 0 unspecified atom stereocenters. The van der Waals surface area contributed by atoms with Crippen LogP contribution < -0.4 is 5.43 Å². The lowest BCUT2D eigenvalue weighted by atomic mass is 9.63. The molecule has 2 bridgehead atoms. The number of nitrogens with zero attached hydrogens (tertiary/aromatic N) is 1. The van der Waals surface area contributed by atoms with E-state index in [4.69, 9.17) is 0 Å². The molecule has 3 amide bonds. The largest absolute Gasteiger partial charge is 0.272 e. The van der Waals surface area contributed by atoms with E-state index in [1.807, 2.05) is 19.1 Å². The minimum absolute atomic E-state index is 0.169. The van der Waals surface area contributed by atoms with Crippen molar-refractivity contribution < 1.29 is 14.4 Å².